The first-order valence-electron chi connectivity index (χ1n) is 5.82. The van der Waals surface area contributed by atoms with Crippen LogP contribution in [0.4, 0.5) is 4.79 Å². The second-order valence-electron chi connectivity index (χ2n) is 4.45. The van der Waals surface area contributed by atoms with Gasteiger partial charge >= 0.3 is 22.3 Å². The molecule has 0 aromatic rings. The van der Waals surface area contributed by atoms with E-state index in [4.69, 9.17) is 5.11 Å². The lowest BCUT2D eigenvalue weighted by molar-refractivity contribution is -0.137. The van der Waals surface area contributed by atoms with Gasteiger partial charge in [-0.15, -0.1) is 0 Å². The number of carbonyl (C=O) groups excluding carboxylic acids is 1. The van der Waals surface area contributed by atoms with Gasteiger partial charge in [-0.3, -0.25) is 4.79 Å². The van der Waals surface area contributed by atoms with Crippen molar-refractivity contribution in [1.82, 2.24) is 9.44 Å². The molecule has 1 atom stereocenters. The monoisotopic (exact) mass is 296 g/mol. The zero-order valence-corrected chi connectivity index (χ0v) is 12.0. The molecule has 0 saturated heterocycles. The standard InChI is InChI=1S/C10H20N2O6S/c1-7(2)18-10(15)12-19(16,17)11-6-8(3)4-5-9(13)14/h7-8,11H,4-6H2,1-3H3,(H,12,15)(H,13,14). The molecule has 9 heteroatoms. The van der Waals surface area contributed by atoms with E-state index in [0.717, 1.165) is 0 Å². The maximum Gasteiger partial charge on any atom is 0.422 e. The molecule has 0 saturated carbocycles. The first-order valence-corrected chi connectivity index (χ1v) is 7.30. The summed E-state index contributed by atoms with van der Waals surface area (Å²) in [4.78, 5) is 21.4. The lowest BCUT2D eigenvalue weighted by Gasteiger charge is -2.13. The molecule has 0 aliphatic rings. The molecule has 0 radical (unpaired) electrons. The number of carboxylic acid groups (broad SMARTS) is 1. The van der Waals surface area contributed by atoms with Gasteiger partial charge in [-0.05, 0) is 26.2 Å². The molecule has 0 aromatic carbocycles. The molecule has 0 aliphatic heterocycles. The Morgan fingerprint density at radius 3 is 2.32 bits per heavy atom. The number of hydrogen-bond acceptors (Lipinski definition) is 5. The lowest BCUT2D eigenvalue weighted by atomic mass is 10.1. The van der Waals surface area contributed by atoms with E-state index in [0.29, 0.717) is 6.42 Å². The minimum absolute atomic E-state index is 0.0360. The number of carboxylic acids is 1. The number of ether oxygens (including phenoxy) is 1. The number of carbonyl (C=O) groups is 2. The molecule has 0 aliphatic carbocycles. The Morgan fingerprint density at radius 2 is 1.84 bits per heavy atom. The molecule has 0 aromatic heterocycles. The topological polar surface area (TPSA) is 122 Å². The highest BCUT2D eigenvalue weighted by Gasteiger charge is 2.17. The molecule has 0 heterocycles. The Bertz CT molecular complexity index is 406. The van der Waals surface area contributed by atoms with Crippen LogP contribution in [0.2, 0.25) is 0 Å². The van der Waals surface area contributed by atoms with Gasteiger partial charge in [-0.2, -0.15) is 13.1 Å². The van der Waals surface area contributed by atoms with Crippen LogP contribution in [0.5, 0.6) is 0 Å². The molecule has 1 amide bonds. The van der Waals surface area contributed by atoms with Crippen LogP contribution in [0.1, 0.15) is 33.6 Å². The van der Waals surface area contributed by atoms with E-state index in [9.17, 15) is 18.0 Å². The molecule has 1 unspecified atom stereocenters. The number of rotatable bonds is 8. The number of nitrogens with one attached hydrogen (secondary N) is 2. The van der Waals surface area contributed by atoms with Gasteiger partial charge in [0.2, 0.25) is 0 Å². The van der Waals surface area contributed by atoms with Crippen molar-refractivity contribution in [2.45, 2.75) is 39.7 Å². The third-order valence-electron chi connectivity index (χ3n) is 2.03. The lowest BCUT2D eigenvalue weighted by Crippen LogP contribution is -2.42. The van der Waals surface area contributed by atoms with Crippen LogP contribution >= 0.6 is 0 Å². The Labute approximate surface area is 112 Å². The average Bonchev–Trinajstić information content (AvgIpc) is 2.21. The Hall–Kier alpha value is -1.35. The predicted molar refractivity (Wildman–Crippen MR) is 67.7 cm³/mol. The molecular weight excluding hydrogens is 276 g/mol. The van der Waals surface area contributed by atoms with E-state index in [1.807, 2.05) is 0 Å². The highest BCUT2D eigenvalue weighted by atomic mass is 32.2. The summed E-state index contributed by atoms with van der Waals surface area (Å²) < 4.78 is 31.3. The van der Waals surface area contributed by atoms with Gasteiger partial charge in [0.05, 0.1) is 6.10 Å². The van der Waals surface area contributed by atoms with Crippen molar-refractivity contribution in [1.29, 1.82) is 0 Å². The van der Waals surface area contributed by atoms with E-state index in [-0.39, 0.29) is 18.9 Å². The maximum atomic E-state index is 11.4. The summed E-state index contributed by atoms with van der Waals surface area (Å²) in [7, 11) is -3.98. The zero-order valence-electron chi connectivity index (χ0n) is 11.2. The van der Waals surface area contributed by atoms with Gasteiger partial charge in [0, 0.05) is 13.0 Å². The average molecular weight is 296 g/mol. The van der Waals surface area contributed by atoms with Gasteiger partial charge in [0.15, 0.2) is 0 Å². The largest absolute Gasteiger partial charge is 0.481 e. The highest BCUT2D eigenvalue weighted by Crippen LogP contribution is 2.04. The van der Waals surface area contributed by atoms with E-state index >= 15 is 0 Å². The Morgan fingerprint density at radius 1 is 1.26 bits per heavy atom. The first-order chi connectivity index (χ1) is 8.62. The molecule has 0 fully saturated rings. The van der Waals surface area contributed by atoms with Gasteiger partial charge in [0.25, 0.3) is 0 Å². The SMILES string of the molecule is CC(CCC(=O)O)CNS(=O)(=O)NC(=O)OC(C)C. The van der Waals surface area contributed by atoms with Crippen LogP contribution in [0.3, 0.4) is 0 Å². The van der Waals surface area contributed by atoms with E-state index in [1.165, 1.54) is 0 Å². The molecule has 8 nitrogen and oxygen atoms in total. The fourth-order valence-corrected chi connectivity index (χ4v) is 1.95. The van der Waals surface area contributed by atoms with Gasteiger partial charge in [0.1, 0.15) is 0 Å². The van der Waals surface area contributed by atoms with Crippen LogP contribution < -0.4 is 9.44 Å². The van der Waals surface area contributed by atoms with Crippen molar-refractivity contribution < 1.29 is 27.9 Å². The van der Waals surface area contributed by atoms with E-state index in [1.54, 1.807) is 25.5 Å². The summed E-state index contributed by atoms with van der Waals surface area (Å²) in [6, 6.07) is 0. The zero-order chi connectivity index (χ0) is 15.1. The molecule has 0 spiro atoms. The van der Waals surface area contributed by atoms with Gasteiger partial charge < -0.3 is 9.84 Å². The molecule has 19 heavy (non-hydrogen) atoms. The van der Waals surface area contributed by atoms with Crippen molar-refractivity contribution in [2.24, 2.45) is 5.92 Å². The number of aliphatic carboxylic acids is 1. The van der Waals surface area contributed by atoms with Crippen molar-refractivity contribution in [3.63, 3.8) is 0 Å². The number of hydrogen-bond donors (Lipinski definition) is 3. The van der Waals surface area contributed by atoms with Crippen LogP contribution in [0.15, 0.2) is 0 Å². The third kappa shape index (κ3) is 10.3. The molecule has 0 bridgehead atoms. The molecule has 0 rings (SSSR count). The number of amides is 1. The van der Waals surface area contributed by atoms with Gasteiger partial charge in [-0.25, -0.2) is 9.52 Å². The normalized spacial score (nSPS) is 13.1. The summed E-state index contributed by atoms with van der Waals surface area (Å²) in [6.45, 7) is 4.93. The smallest absolute Gasteiger partial charge is 0.422 e. The predicted octanol–water partition coefficient (Wildman–Crippen LogP) is 0.456. The Balaban J connectivity index is 4.09. The third-order valence-corrected chi connectivity index (χ3v) is 3.02. The summed E-state index contributed by atoms with van der Waals surface area (Å²) in [6.07, 6.45) is -1.18. The van der Waals surface area contributed by atoms with Crippen molar-refractivity contribution in [3.8, 4) is 0 Å². The Kier molecular flexibility index (Phi) is 7.38. The second-order valence-corrected chi connectivity index (χ2v) is 5.95. The summed E-state index contributed by atoms with van der Waals surface area (Å²) >= 11 is 0. The summed E-state index contributed by atoms with van der Waals surface area (Å²) in [5.74, 6) is -1.10. The van der Waals surface area contributed by atoms with Crippen molar-refractivity contribution in [2.75, 3.05) is 6.54 Å². The molecule has 3 N–H and O–H groups in total. The molecular formula is C10H20N2O6S. The van der Waals surface area contributed by atoms with Crippen molar-refractivity contribution >= 4 is 22.3 Å². The minimum atomic E-state index is -3.98. The second kappa shape index (κ2) is 7.95. The van der Waals surface area contributed by atoms with Crippen LogP contribution in [0.25, 0.3) is 0 Å². The van der Waals surface area contributed by atoms with Crippen LogP contribution in [-0.4, -0.2) is 38.2 Å². The van der Waals surface area contributed by atoms with Gasteiger partial charge in [-0.1, -0.05) is 6.92 Å². The fraction of sp³-hybridized carbons (Fsp3) is 0.800. The maximum absolute atomic E-state index is 11.4. The highest BCUT2D eigenvalue weighted by molar-refractivity contribution is 7.88. The van der Waals surface area contributed by atoms with Crippen molar-refractivity contribution in [3.05, 3.63) is 0 Å². The first kappa shape index (κ1) is 17.6. The quantitative estimate of drug-likeness (QED) is 0.598. The van der Waals surface area contributed by atoms with E-state index in [2.05, 4.69) is 9.46 Å². The molecule has 112 valence electrons. The summed E-state index contributed by atoms with van der Waals surface area (Å²) in [5.41, 5.74) is 0. The van der Waals surface area contributed by atoms with Crippen LogP contribution in [-0.2, 0) is 19.7 Å². The fourth-order valence-electron chi connectivity index (χ4n) is 1.11. The minimum Gasteiger partial charge on any atom is -0.481 e. The van der Waals surface area contributed by atoms with Crippen LogP contribution in [0, 0.1) is 5.92 Å². The van der Waals surface area contributed by atoms with E-state index < -0.39 is 28.4 Å². The summed E-state index contributed by atoms with van der Waals surface area (Å²) in [5, 5.41) is 8.48.